The summed E-state index contributed by atoms with van der Waals surface area (Å²) in [6, 6.07) is 0. The molecule has 0 aliphatic carbocycles. The van der Waals surface area contributed by atoms with Crippen molar-refractivity contribution in [1.29, 1.82) is 0 Å². The van der Waals surface area contributed by atoms with Crippen molar-refractivity contribution in [3.8, 4) is 0 Å². The van der Waals surface area contributed by atoms with Crippen LogP contribution in [0.5, 0.6) is 0 Å². The van der Waals surface area contributed by atoms with E-state index >= 15 is 0 Å². The molecule has 0 aromatic heterocycles. The highest BCUT2D eigenvalue weighted by atomic mass is 16.5. The first-order valence-corrected chi connectivity index (χ1v) is 5.75. The Bertz CT molecular complexity index is 194. The molecule has 1 amide bonds. The molecule has 1 aliphatic rings. The van der Waals surface area contributed by atoms with Crippen LogP contribution in [0.4, 0.5) is 0 Å². The van der Waals surface area contributed by atoms with Gasteiger partial charge in [-0.25, -0.2) is 0 Å². The van der Waals surface area contributed by atoms with Gasteiger partial charge in [0.15, 0.2) is 0 Å². The Hall–Kier alpha value is -0.610. The number of morpholine rings is 1. The maximum atomic E-state index is 11.3. The second kappa shape index (κ2) is 6.80. The second-order valence-electron chi connectivity index (χ2n) is 4.40. The summed E-state index contributed by atoms with van der Waals surface area (Å²) in [6.07, 6.45) is 0.628. The summed E-state index contributed by atoms with van der Waals surface area (Å²) in [7, 11) is 0. The molecule has 1 N–H and O–H groups in total. The minimum atomic E-state index is 0. The van der Waals surface area contributed by atoms with Crippen molar-refractivity contribution < 1.29 is 11.0 Å². The molecule has 0 atom stereocenters. The van der Waals surface area contributed by atoms with Crippen LogP contribution in [0.3, 0.4) is 0 Å². The van der Waals surface area contributed by atoms with E-state index in [0.717, 1.165) is 39.4 Å². The van der Waals surface area contributed by atoms with Gasteiger partial charge in [-0.15, -0.1) is 0 Å². The lowest BCUT2D eigenvalue weighted by Gasteiger charge is -2.26. The van der Waals surface area contributed by atoms with E-state index in [1.54, 1.807) is 0 Å². The third-order valence-electron chi connectivity index (χ3n) is 2.45. The minimum Gasteiger partial charge on any atom is -0.379 e. The number of hydrogen-bond acceptors (Lipinski definition) is 3. The molecule has 15 heavy (non-hydrogen) atoms. The van der Waals surface area contributed by atoms with E-state index in [1.807, 2.05) is 0 Å². The van der Waals surface area contributed by atoms with Gasteiger partial charge in [-0.2, -0.15) is 0 Å². The number of ether oxygens (including phenoxy) is 1. The van der Waals surface area contributed by atoms with E-state index < -0.39 is 0 Å². The van der Waals surface area contributed by atoms with Crippen LogP contribution < -0.4 is 5.32 Å². The van der Waals surface area contributed by atoms with Gasteiger partial charge in [-0.05, 0) is 5.92 Å². The highest BCUT2D eigenvalue weighted by Gasteiger charge is 2.10. The lowest BCUT2D eigenvalue weighted by atomic mass is 10.1. The highest BCUT2D eigenvalue weighted by molar-refractivity contribution is 5.75. The monoisotopic (exact) mass is 216 g/mol. The average Bonchev–Trinajstić information content (AvgIpc) is 2.18. The summed E-state index contributed by atoms with van der Waals surface area (Å²) in [5.41, 5.74) is 0. The van der Waals surface area contributed by atoms with Gasteiger partial charge in [-0.1, -0.05) is 13.8 Å². The fourth-order valence-corrected chi connectivity index (χ4v) is 1.62. The number of nitrogens with zero attached hydrogens (tertiary/aromatic N) is 1. The standard InChI is InChI=1S/C11H22N2O2.H2/c1-10(2)9-11(14)12-3-4-13-5-7-15-8-6-13;/h10H,3-9H2,1-2H3,(H,12,14);1H. The molecule has 0 radical (unpaired) electrons. The molecule has 0 unspecified atom stereocenters. The molecule has 1 heterocycles. The number of carbonyl (C=O) groups excluding carboxylic acids is 1. The van der Waals surface area contributed by atoms with E-state index in [2.05, 4.69) is 24.1 Å². The zero-order valence-corrected chi connectivity index (χ0v) is 9.79. The molecule has 0 aromatic rings. The van der Waals surface area contributed by atoms with Crippen LogP contribution >= 0.6 is 0 Å². The molecule has 0 aromatic carbocycles. The maximum absolute atomic E-state index is 11.3. The molecule has 1 fully saturated rings. The number of hydrogen-bond donors (Lipinski definition) is 1. The molecule has 0 bridgehead atoms. The first-order valence-electron chi connectivity index (χ1n) is 5.75. The number of carbonyl (C=O) groups is 1. The van der Waals surface area contributed by atoms with E-state index in [-0.39, 0.29) is 7.33 Å². The third kappa shape index (κ3) is 5.74. The van der Waals surface area contributed by atoms with E-state index in [1.165, 1.54) is 0 Å². The van der Waals surface area contributed by atoms with Gasteiger partial charge in [0.1, 0.15) is 0 Å². The molecule has 1 aliphatic heterocycles. The zero-order valence-electron chi connectivity index (χ0n) is 9.79. The summed E-state index contributed by atoms with van der Waals surface area (Å²) in [5.74, 6) is 0.603. The van der Waals surface area contributed by atoms with Crippen LogP contribution in [-0.4, -0.2) is 50.2 Å². The lowest BCUT2D eigenvalue weighted by molar-refractivity contribution is -0.121. The van der Waals surface area contributed by atoms with E-state index in [4.69, 9.17) is 4.74 Å². The fraction of sp³-hybridized carbons (Fsp3) is 0.909. The van der Waals surface area contributed by atoms with Crippen LogP contribution in [0.2, 0.25) is 0 Å². The smallest absolute Gasteiger partial charge is 0.220 e. The van der Waals surface area contributed by atoms with Crippen molar-refractivity contribution in [3.63, 3.8) is 0 Å². The Kier molecular flexibility index (Phi) is 5.65. The average molecular weight is 216 g/mol. The van der Waals surface area contributed by atoms with Gasteiger partial charge in [0.25, 0.3) is 0 Å². The van der Waals surface area contributed by atoms with Gasteiger partial charge >= 0.3 is 0 Å². The van der Waals surface area contributed by atoms with Crippen LogP contribution in [0.1, 0.15) is 21.7 Å². The summed E-state index contributed by atoms with van der Waals surface area (Å²) >= 11 is 0. The predicted octanol–water partition coefficient (Wildman–Crippen LogP) is 0.727. The van der Waals surface area contributed by atoms with Crippen molar-refractivity contribution in [2.75, 3.05) is 39.4 Å². The summed E-state index contributed by atoms with van der Waals surface area (Å²) in [5, 5.41) is 2.94. The summed E-state index contributed by atoms with van der Waals surface area (Å²) in [4.78, 5) is 13.7. The Balaban J connectivity index is 0.00000225. The van der Waals surface area contributed by atoms with Gasteiger partial charge < -0.3 is 10.1 Å². The zero-order chi connectivity index (χ0) is 11.1. The summed E-state index contributed by atoms with van der Waals surface area (Å²) in [6.45, 7) is 9.42. The molecular formula is C11H24N2O2. The maximum Gasteiger partial charge on any atom is 0.220 e. The van der Waals surface area contributed by atoms with Crippen molar-refractivity contribution >= 4 is 5.91 Å². The van der Waals surface area contributed by atoms with Gasteiger partial charge in [-0.3, -0.25) is 9.69 Å². The van der Waals surface area contributed by atoms with Crippen LogP contribution in [-0.2, 0) is 9.53 Å². The Morgan fingerprint density at radius 3 is 2.73 bits per heavy atom. The SMILES string of the molecule is CC(C)CC(=O)NCCN1CCOCC1.[HH]. The quantitative estimate of drug-likeness (QED) is 0.736. The van der Waals surface area contributed by atoms with Gasteiger partial charge in [0, 0.05) is 34.0 Å². The van der Waals surface area contributed by atoms with Crippen LogP contribution in [0, 0.1) is 5.92 Å². The molecule has 90 valence electrons. The van der Waals surface area contributed by atoms with Gasteiger partial charge in [0.05, 0.1) is 13.2 Å². The van der Waals surface area contributed by atoms with Crippen LogP contribution in [0.15, 0.2) is 0 Å². The molecular weight excluding hydrogens is 192 g/mol. The first kappa shape index (κ1) is 12.5. The first-order chi connectivity index (χ1) is 7.18. The van der Waals surface area contributed by atoms with E-state index in [0.29, 0.717) is 12.3 Å². The second-order valence-corrected chi connectivity index (χ2v) is 4.40. The van der Waals surface area contributed by atoms with Crippen LogP contribution in [0.25, 0.3) is 0 Å². The topological polar surface area (TPSA) is 41.6 Å². The summed E-state index contributed by atoms with van der Waals surface area (Å²) < 4.78 is 5.25. The molecule has 0 saturated carbocycles. The van der Waals surface area contributed by atoms with Crippen molar-refractivity contribution in [2.24, 2.45) is 5.92 Å². The third-order valence-corrected chi connectivity index (χ3v) is 2.45. The lowest BCUT2D eigenvalue weighted by Crippen LogP contribution is -2.41. The highest BCUT2D eigenvalue weighted by Crippen LogP contribution is 1.98. The molecule has 1 rings (SSSR count). The van der Waals surface area contributed by atoms with Crippen molar-refractivity contribution in [1.82, 2.24) is 10.2 Å². The molecule has 4 nitrogen and oxygen atoms in total. The molecule has 1 saturated heterocycles. The Morgan fingerprint density at radius 1 is 1.47 bits per heavy atom. The minimum absolute atomic E-state index is 0. The van der Waals surface area contributed by atoms with Crippen molar-refractivity contribution in [2.45, 2.75) is 20.3 Å². The van der Waals surface area contributed by atoms with Crippen molar-refractivity contribution in [3.05, 3.63) is 0 Å². The predicted molar refractivity (Wildman–Crippen MR) is 61.8 cm³/mol. The molecule has 0 spiro atoms. The number of nitrogens with one attached hydrogen (secondary N) is 1. The van der Waals surface area contributed by atoms with E-state index in [9.17, 15) is 4.79 Å². The van der Waals surface area contributed by atoms with Gasteiger partial charge in [0.2, 0.25) is 5.91 Å². The largest absolute Gasteiger partial charge is 0.379 e. The number of amides is 1. The Morgan fingerprint density at radius 2 is 2.13 bits per heavy atom. The normalized spacial score (nSPS) is 18.1. The fourth-order valence-electron chi connectivity index (χ4n) is 1.62. The number of rotatable bonds is 5. The Labute approximate surface area is 93.5 Å². The molecule has 4 heteroatoms.